The largest absolute Gasteiger partial charge is 0.488 e. The zero-order valence-corrected chi connectivity index (χ0v) is 18.9. The Hall–Kier alpha value is -3.22. The van der Waals surface area contributed by atoms with Crippen LogP contribution in [0.4, 0.5) is 5.69 Å². The quantitative estimate of drug-likeness (QED) is 0.492. The third kappa shape index (κ3) is 6.91. The first kappa shape index (κ1) is 22.5. The maximum Gasteiger partial charge on any atom is 0.239 e. The van der Waals surface area contributed by atoms with Crippen LogP contribution in [0.1, 0.15) is 31.9 Å². The molecule has 0 bridgehead atoms. The SMILES string of the molecule is CN=C(NCc1ccc(N2CCNC(=O)C2)cc1)NCc1ccccc1OC(C)(C)C. The first-order valence-electron chi connectivity index (χ1n) is 10.7. The molecule has 0 radical (unpaired) electrons. The number of guanidine groups is 1. The number of rotatable bonds is 6. The Kier molecular flexibility index (Phi) is 7.39. The van der Waals surface area contributed by atoms with Crippen LogP contribution >= 0.6 is 0 Å². The van der Waals surface area contributed by atoms with Crippen molar-refractivity contribution in [1.82, 2.24) is 16.0 Å². The van der Waals surface area contributed by atoms with E-state index >= 15 is 0 Å². The van der Waals surface area contributed by atoms with Crippen molar-refractivity contribution in [3.05, 3.63) is 59.7 Å². The van der Waals surface area contributed by atoms with Crippen LogP contribution in [0.5, 0.6) is 5.75 Å². The fraction of sp³-hybridized carbons (Fsp3) is 0.417. The summed E-state index contributed by atoms with van der Waals surface area (Å²) in [5.41, 5.74) is 3.04. The van der Waals surface area contributed by atoms with Gasteiger partial charge in [0.15, 0.2) is 5.96 Å². The van der Waals surface area contributed by atoms with E-state index in [9.17, 15) is 4.79 Å². The van der Waals surface area contributed by atoms with Gasteiger partial charge in [-0.3, -0.25) is 9.79 Å². The van der Waals surface area contributed by atoms with Gasteiger partial charge in [0.1, 0.15) is 11.4 Å². The molecule has 1 aliphatic rings. The molecule has 7 heteroatoms. The maximum atomic E-state index is 11.6. The van der Waals surface area contributed by atoms with E-state index in [0.29, 0.717) is 26.2 Å². The molecule has 1 saturated heterocycles. The van der Waals surface area contributed by atoms with Crippen molar-refractivity contribution in [2.24, 2.45) is 4.99 Å². The van der Waals surface area contributed by atoms with E-state index < -0.39 is 0 Å². The Bertz CT molecular complexity index is 903. The average molecular weight is 424 g/mol. The van der Waals surface area contributed by atoms with Crippen molar-refractivity contribution < 1.29 is 9.53 Å². The monoisotopic (exact) mass is 423 g/mol. The number of nitrogens with one attached hydrogen (secondary N) is 3. The topological polar surface area (TPSA) is 78.0 Å². The average Bonchev–Trinajstić information content (AvgIpc) is 2.74. The van der Waals surface area contributed by atoms with Gasteiger partial charge in [0.25, 0.3) is 0 Å². The van der Waals surface area contributed by atoms with Gasteiger partial charge in [0.05, 0.1) is 6.54 Å². The van der Waals surface area contributed by atoms with Gasteiger partial charge in [0, 0.05) is 44.5 Å². The highest BCUT2D eigenvalue weighted by Crippen LogP contribution is 2.22. The summed E-state index contributed by atoms with van der Waals surface area (Å²) >= 11 is 0. The number of piperazine rings is 1. The molecular formula is C24H33N5O2. The van der Waals surface area contributed by atoms with Crippen LogP contribution in [0.2, 0.25) is 0 Å². The molecule has 0 aromatic heterocycles. The van der Waals surface area contributed by atoms with E-state index in [4.69, 9.17) is 4.74 Å². The van der Waals surface area contributed by atoms with E-state index in [-0.39, 0.29) is 11.5 Å². The van der Waals surface area contributed by atoms with Gasteiger partial charge in [-0.25, -0.2) is 0 Å². The van der Waals surface area contributed by atoms with Crippen LogP contribution in [0.3, 0.4) is 0 Å². The van der Waals surface area contributed by atoms with Crippen LogP contribution < -0.4 is 25.6 Å². The molecule has 7 nitrogen and oxygen atoms in total. The van der Waals surface area contributed by atoms with Gasteiger partial charge in [-0.1, -0.05) is 30.3 Å². The lowest BCUT2D eigenvalue weighted by Crippen LogP contribution is -2.47. The third-order valence-electron chi connectivity index (χ3n) is 4.86. The number of carbonyl (C=O) groups excluding carboxylic acids is 1. The zero-order chi connectivity index (χ0) is 22.3. The lowest BCUT2D eigenvalue weighted by molar-refractivity contribution is -0.120. The number of anilines is 1. The number of ether oxygens (including phenoxy) is 1. The predicted octanol–water partition coefficient (Wildman–Crippen LogP) is 2.67. The van der Waals surface area contributed by atoms with Crippen LogP contribution in [-0.4, -0.2) is 44.1 Å². The van der Waals surface area contributed by atoms with Crippen molar-refractivity contribution in [2.75, 3.05) is 31.6 Å². The molecule has 1 fully saturated rings. The summed E-state index contributed by atoms with van der Waals surface area (Å²) in [6.07, 6.45) is 0. The van der Waals surface area contributed by atoms with Gasteiger partial charge in [0.2, 0.25) is 5.91 Å². The molecule has 166 valence electrons. The normalized spacial score (nSPS) is 14.8. The Balaban J connectivity index is 1.53. The standard InChI is InChI=1S/C24H33N5O2/c1-24(2,3)31-21-8-6-5-7-19(21)16-28-23(25-4)27-15-18-9-11-20(12-10-18)29-14-13-26-22(30)17-29/h5-12H,13-17H2,1-4H3,(H,26,30)(H2,25,27,28). The second-order valence-corrected chi connectivity index (χ2v) is 8.54. The Morgan fingerprint density at radius 2 is 1.81 bits per heavy atom. The molecule has 1 amide bonds. The van der Waals surface area contributed by atoms with Crippen molar-refractivity contribution in [3.8, 4) is 5.75 Å². The molecule has 3 N–H and O–H groups in total. The Morgan fingerprint density at radius 3 is 2.48 bits per heavy atom. The van der Waals surface area contributed by atoms with Gasteiger partial charge < -0.3 is 25.6 Å². The first-order chi connectivity index (χ1) is 14.8. The number of aliphatic imine (C=N–C) groups is 1. The maximum absolute atomic E-state index is 11.6. The third-order valence-corrected chi connectivity index (χ3v) is 4.86. The number of hydrogen-bond acceptors (Lipinski definition) is 4. The minimum Gasteiger partial charge on any atom is -0.488 e. The van der Waals surface area contributed by atoms with Crippen molar-refractivity contribution in [1.29, 1.82) is 0 Å². The zero-order valence-electron chi connectivity index (χ0n) is 18.9. The molecule has 0 spiro atoms. The van der Waals surface area contributed by atoms with Crippen molar-refractivity contribution in [2.45, 2.75) is 39.5 Å². The Labute approximate surface area is 184 Å². The van der Waals surface area contributed by atoms with Crippen LogP contribution in [-0.2, 0) is 17.9 Å². The van der Waals surface area contributed by atoms with Crippen LogP contribution in [0.15, 0.2) is 53.5 Å². The molecule has 2 aromatic carbocycles. The number of nitrogens with zero attached hydrogens (tertiary/aromatic N) is 2. The fourth-order valence-electron chi connectivity index (χ4n) is 3.35. The van der Waals surface area contributed by atoms with Crippen LogP contribution in [0, 0.1) is 0 Å². The number of para-hydroxylation sites is 1. The van der Waals surface area contributed by atoms with E-state index in [1.54, 1.807) is 7.05 Å². The smallest absolute Gasteiger partial charge is 0.239 e. The van der Waals surface area contributed by atoms with E-state index in [1.165, 1.54) is 0 Å². The van der Waals surface area contributed by atoms with Crippen LogP contribution in [0.25, 0.3) is 0 Å². The molecule has 0 atom stereocenters. The summed E-state index contributed by atoms with van der Waals surface area (Å²) in [6, 6.07) is 16.3. The molecule has 0 aliphatic carbocycles. The van der Waals surface area contributed by atoms with Crippen molar-refractivity contribution >= 4 is 17.6 Å². The highest BCUT2D eigenvalue weighted by molar-refractivity contribution is 5.82. The summed E-state index contributed by atoms with van der Waals surface area (Å²) in [5, 5.41) is 9.56. The highest BCUT2D eigenvalue weighted by Gasteiger charge is 2.16. The minimum atomic E-state index is -0.250. The minimum absolute atomic E-state index is 0.0707. The summed E-state index contributed by atoms with van der Waals surface area (Å²) in [7, 11) is 1.76. The second-order valence-electron chi connectivity index (χ2n) is 8.54. The lowest BCUT2D eigenvalue weighted by atomic mass is 10.1. The number of benzene rings is 2. The molecular weight excluding hydrogens is 390 g/mol. The first-order valence-corrected chi connectivity index (χ1v) is 10.7. The van der Waals surface area contributed by atoms with Gasteiger partial charge in [-0.2, -0.15) is 0 Å². The molecule has 3 rings (SSSR count). The Morgan fingerprint density at radius 1 is 1.10 bits per heavy atom. The summed E-state index contributed by atoms with van der Waals surface area (Å²) < 4.78 is 6.07. The molecule has 1 heterocycles. The summed E-state index contributed by atoms with van der Waals surface area (Å²) in [6.45, 7) is 9.33. The lowest BCUT2D eigenvalue weighted by Gasteiger charge is -2.28. The molecule has 0 saturated carbocycles. The number of hydrogen-bond donors (Lipinski definition) is 3. The highest BCUT2D eigenvalue weighted by atomic mass is 16.5. The molecule has 2 aromatic rings. The van der Waals surface area contributed by atoms with E-state index in [2.05, 4.69) is 56.2 Å². The fourth-order valence-corrected chi connectivity index (χ4v) is 3.35. The van der Waals surface area contributed by atoms with Crippen molar-refractivity contribution in [3.63, 3.8) is 0 Å². The summed E-state index contributed by atoms with van der Waals surface area (Å²) in [5.74, 6) is 1.67. The number of amides is 1. The predicted molar refractivity (Wildman–Crippen MR) is 126 cm³/mol. The van der Waals surface area contributed by atoms with E-state index in [0.717, 1.165) is 35.1 Å². The summed E-state index contributed by atoms with van der Waals surface area (Å²) in [4.78, 5) is 18.0. The molecule has 1 aliphatic heterocycles. The molecule has 31 heavy (non-hydrogen) atoms. The van der Waals surface area contributed by atoms with Gasteiger partial charge >= 0.3 is 0 Å². The molecule has 0 unspecified atom stereocenters. The van der Waals surface area contributed by atoms with Gasteiger partial charge in [-0.05, 0) is 44.5 Å². The van der Waals surface area contributed by atoms with Gasteiger partial charge in [-0.15, -0.1) is 0 Å². The second kappa shape index (κ2) is 10.2. The van der Waals surface area contributed by atoms with E-state index in [1.807, 2.05) is 39.0 Å². The number of carbonyl (C=O) groups is 1.